The van der Waals surface area contributed by atoms with Gasteiger partial charge in [-0.25, -0.2) is 8.42 Å². The Morgan fingerprint density at radius 2 is 1.64 bits per heavy atom. The Balaban J connectivity index is 1.88. The second-order valence-electron chi connectivity index (χ2n) is 6.61. The number of hydrogen-bond acceptors (Lipinski definition) is 3. The molecule has 0 bridgehead atoms. The fourth-order valence-corrected chi connectivity index (χ4v) is 4.27. The van der Waals surface area contributed by atoms with E-state index in [2.05, 4.69) is 18.7 Å². The summed E-state index contributed by atoms with van der Waals surface area (Å²) in [5.74, 6) is 1.77. The number of nitrogens with zero attached hydrogens (tertiary/aromatic N) is 1. The van der Waals surface area contributed by atoms with E-state index >= 15 is 0 Å². The van der Waals surface area contributed by atoms with Gasteiger partial charge in [-0.1, -0.05) is 38.8 Å². The second kappa shape index (κ2) is 7.60. The van der Waals surface area contributed by atoms with E-state index in [1.807, 2.05) is 12.1 Å². The molecule has 22 heavy (non-hydrogen) atoms. The van der Waals surface area contributed by atoms with Crippen molar-refractivity contribution in [2.45, 2.75) is 51.0 Å². The molecule has 0 atom stereocenters. The van der Waals surface area contributed by atoms with Crippen molar-refractivity contribution in [3.63, 3.8) is 0 Å². The molecule has 1 aromatic carbocycles. The average molecular weight is 324 g/mol. The third kappa shape index (κ3) is 4.56. The largest absolute Gasteiger partial charge is 0.299 e. The Bertz CT molecular complexity index is 553. The number of hydrogen-bond donors (Lipinski definition) is 0. The summed E-state index contributed by atoms with van der Waals surface area (Å²) in [4.78, 5) is 2.90. The number of benzene rings is 1. The van der Waals surface area contributed by atoms with Crippen molar-refractivity contribution in [3.8, 4) is 0 Å². The summed E-state index contributed by atoms with van der Waals surface area (Å²) in [7, 11) is -3.09. The van der Waals surface area contributed by atoms with Crippen LogP contribution in [0.4, 0.5) is 0 Å². The lowest BCUT2D eigenvalue weighted by Gasteiger charge is -2.35. The van der Waals surface area contributed by atoms with Gasteiger partial charge in [0.25, 0.3) is 0 Å². The molecular formula is C18H29NO2S. The van der Waals surface area contributed by atoms with Gasteiger partial charge in [-0.05, 0) is 55.5 Å². The Kier molecular flexibility index (Phi) is 6.04. The summed E-state index contributed by atoms with van der Waals surface area (Å²) in [5, 5.41) is 0. The molecule has 0 aliphatic carbocycles. The van der Waals surface area contributed by atoms with E-state index in [9.17, 15) is 8.42 Å². The molecule has 124 valence electrons. The van der Waals surface area contributed by atoms with Crippen LogP contribution in [0.2, 0.25) is 0 Å². The van der Waals surface area contributed by atoms with Gasteiger partial charge in [0.1, 0.15) is 0 Å². The zero-order valence-corrected chi connectivity index (χ0v) is 14.9. The quantitative estimate of drug-likeness (QED) is 0.800. The van der Waals surface area contributed by atoms with E-state index in [-0.39, 0.29) is 0 Å². The molecule has 3 nitrogen and oxygen atoms in total. The first-order valence-electron chi connectivity index (χ1n) is 8.45. The predicted octanol–water partition coefficient (Wildman–Crippen LogP) is 3.74. The standard InChI is InChI=1S/C18H29NO2S/c1-4-16(5-2)17-10-12-19(13-11-17)14-15-6-8-18(9-7-15)22(3,20)21/h6-9,16-17H,4-5,10-14H2,1-3H3. The molecule has 0 amide bonds. The van der Waals surface area contributed by atoms with Crippen molar-refractivity contribution in [1.82, 2.24) is 4.90 Å². The van der Waals surface area contributed by atoms with Crippen molar-refractivity contribution in [2.75, 3.05) is 19.3 Å². The van der Waals surface area contributed by atoms with Gasteiger partial charge in [0.2, 0.25) is 0 Å². The molecule has 0 N–H and O–H groups in total. The minimum Gasteiger partial charge on any atom is -0.299 e. The molecule has 1 aliphatic rings. The van der Waals surface area contributed by atoms with Gasteiger partial charge in [-0.3, -0.25) is 4.90 Å². The third-order valence-electron chi connectivity index (χ3n) is 5.11. The van der Waals surface area contributed by atoms with E-state index in [4.69, 9.17) is 0 Å². The molecule has 1 saturated heterocycles. The highest BCUT2D eigenvalue weighted by atomic mass is 32.2. The Morgan fingerprint density at radius 3 is 2.09 bits per heavy atom. The summed E-state index contributed by atoms with van der Waals surface area (Å²) in [5.41, 5.74) is 1.20. The molecule has 1 heterocycles. The van der Waals surface area contributed by atoms with Crippen LogP contribution in [0, 0.1) is 11.8 Å². The third-order valence-corrected chi connectivity index (χ3v) is 6.23. The molecule has 1 aromatic rings. The highest BCUT2D eigenvalue weighted by molar-refractivity contribution is 7.90. The molecule has 0 aromatic heterocycles. The minimum absolute atomic E-state index is 0.406. The normalized spacial score (nSPS) is 18.0. The minimum atomic E-state index is -3.09. The van der Waals surface area contributed by atoms with Gasteiger partial charge in [0.15, 0.2) is 9.84 Å². The molecule has 0 radical (unpaired) electrons. The van der Waals surface area contributed by atoms with Crippen molar-refractivity contribution < 1.29 is 8.42 Å². The Morgan fingerprint density at radius 1 is 1.09 bits per heavy atom. The number of likely N-dealkylation sites (tertiary alicyclic amines) is 1. The SMILES string of the molecule is CCC(CC)C1CCN(Cc2ccc(S(C)(=O)=O)cc2)CC1. The maximum Gasteiger partial charge on any atom is 0.175 e. The van der Waals surface area contributed by atoms with Gasteiger partial charge in [-0.2, -0.15) is 0 Å². The van der Waals surface area contributed by atoms with E-state index < -0.39 is 9.84 Å². The summed E-state index contributed by atoms with van der Waals surface area (Å²) >= 11 is 0. The molecule has 1 fully saturated rings. The summed E-state index contributed by atoms with van der Waals surface area (Å²) in [6.45, 7) is 7.87. The van der Waals surface area contributed by atoms with Crippen LogP contribution in [0.1, 0.15) is 45.1 Å². The smallest absolute Gasteiger partial charge is 0.175 e. The molecular weight excluding hydrogens is 294 g/mol. The predicted molar refractivity (Wildman–Crippen MR) is 91.6 cm³/mol. The molecule has 0 spiro atoms. The van der Waals surface area contributed by atoms with Crippen molar-refractivity contribution in [1.29, 1.82) is 0 Å². The van der Waals surface area contributed by atoms with Crippen molar-refractivity contribution in [3.05, 3.63) is 29.8 Å². The van der Waals surface area contributed by atoms with E-state index in [0.29, 0.717) is 4.90 Å². The molecule has 2 rings (SSSR count). The average Bonchev–Trinajstić information content (AvgIpc) is 2.50. The van der Waals surface area contributed by atoms with Gasteiger partial charge in [0, 0.05) is 12.8 Å². The van der Waals surface area contributed by atoms with Gasteiger partial charge < -0.3 is 0 Å². The van der Waals surface area contributed by atoms with Crippen molar-refractivity contribution in [2.24, 2.45) is 11.8 Å². The molecule has 4 heteroatoms. The van der Waals surface area contributed by atoms with Crippen LogP contribution in [0.5, 0.6) is 0 Å². The van der Waals surface area contributed by atoms with Crippen LogP contribution in [0.3, 0.4) is 0 Å². The molecule has 1 aliphatic heterocycles. The second-order valence-corrected chi connectivity index (χ2v) is 8.62. The fourth-order valence-electron chi connectivity index (χ4n) is 3.64. The lowest BCUT2D eigenvalue weighted by Crippen LogP contribution is -2.35. The van der Waals surface area contributed by atoms with Crippen LogP contribution < -0.4 is 0 Å². The fraction of sp³-hybridized carbons (Fsp3) is 0.667. The number of piperidine rings is 1. The van der Waals surface area contributed by atoms with Gasteiger partial charge in [0.05, 0.1) is 4.90 Å². The highest BCUT2D eigenvalue weighted by Crippen LogP contribution is 2.30. The topological polar surface area (TPSA) is 37.4 Å². The zero-order valence-electron chi connectivity index (χ0n) is 14.1. The van der Waals surface area contributed by atoms with Crippen LogP contribution in [-0.2, 0) is 16.4 Å². The summed E-state index contributed by atoms with van der Waals surface area (Å²) in [6.07, 6.45) is 6.45. The summed E-state index contributed by atoms with van der Waals surface area (Å²) in [6, 6.07) is 7.34. The number of rotatable bonds is 6. The Labute approximate surface area is 135 Å². The van der Waals surface area contributed by atoms with Crippen LogP contribution in [0.15, 0.2) is 29.2 Å². The van der Waals surface area contributed by atoms with Crippen LogP contribution >= 0.6 is 0 Å². The first-order valence-corrected chi connectivity index (χ1v) is 10.3. The first kappa shape index (κ1) is 17.5. The van der Waals surface area contributed by atoms with Gasteiger partial charge >= 0.3 is 0 Å². The molecule has 0 saturated carbocycles. The lowest BCUT2D eigenvalue weighted by atomic mass is 9.81. The molecule has 0 unspecified atom stereocenters. The highest BCUT2D eigenvalue weighted by Gasteiger charge is 2.24. The lowest BCUT2D eigenvalue weighted by molar-refractivity contribution is 0.137. The van der Waals surface area contributed by atoms with E-state index in [1.54, 1.807) is 12.1 Å². The van der Waals surface area contributed by atoms with Crippen molar-refractivity contribution >= 4 is 9.84 Å². The zero-order chi connectivity index (χ0) is 16.2. The van der Waals surface area contributed by atoms with Crippen LogP contribution in [0.25, 0.3) is 0 Å². The van der Waals surface area contributed by atoms with Crippen LogP contribution in [-0.4, -0.2) is 32.7 Å². The van der Waals surface area contributed by atoms with Gasteiger partial charge in [-0.15, -0.1) is 0 Å². The Hall–Kier alpha value is -0.870. The monoisotopic (exact) mass is 323 g/mol. The van der Waals surface area contributed by atoms with E-state index in [0.717, 1.165) is 31.5 Å². The maximum absolute atomic E-state index is 11.5. The van der Waals surface area contributed by atoms with E-state index in [1.165, 1.54) is 37.5 Å². The number of sulfone groups is 1. The first-order chi connectivity index (χ1) is 10.4. The summed E-state index contributed by atoms with van der Waals surface area (Å²) < 4.78 is 23.0. The maximum atomic E-state index is 11.5.